The predicted molar refractivity (Wildman–Crippen MR) is 81.5 cm³/mol. The number of hydrogen-bond donors (Lipinski definition) is 1. The molecule has 2 aromatic rings. The number of hydrogen-bond acceptors (Lipinski definition) is 2. The maximum atomic E-state index is 6.76. The molecule has 3 heteroatoms. The summed E-state index contributed by atoms with van der Waals surface area (Å²) in [6.07, 6.45) is 8.27. The van der Waals surface area contributed by atoms with Crippen LogP contribution in [0.3, 0.4) is 0 Å². The normalized spacial score (nSPS) is 25.4. The van der Waals surface area contributed by atoms with E-state index in [1.54, 1.807) is 0 Å². The van der Waals surface area contributed by atoms with Crippen LogP contribution in [0.5, 0.6) is 0 Å². The average molecular weight is 269 g/mol. The average Bonchev–Trinajstić information content (AvgIpc) is 2.88. The Morgan fingerprint density at radius 1 is 1.40 bits per heavy atom. The second kappa shape index (κ2) is 5.06. The Morgan fingerprint density at radius 3 is 2.95 bits per heavy atom. The minimum absolute atomic E-state index is 0.182. The van der Waals surface area contributed by atoms with E-state index in [0.29, 0.717) is 5.92 Å². The molecule has 1 heterocycles. The highest BCUT2D eigenvalue weighted by molar-refractivity contribution is 5.38. The molecule has 1 aliphatic carbocycles. The Bertz CT molecular complexity index is 602. The zero-order valence-corrected chi connectivity index (χ0v) is 12.3. The molecular weight excluding hydrogens is 246 g/mol. The van der Waals surface area contributed by atoms with E-state index in [1.807, 2.05) is 17.9 Å². The van der Waals surface area contributed by atoms with E-state index in [2.05, 4.69) is 42.5 Å². The first kappa shape index (κ1) is 13.4. The summed E-state index contributed by atoms with van der Waals surface area (Å²) in [7, 11) is 1.96. The van der Waals surface area contributed by atoms with Gasteiger partial charge in [0, 0.05) is 18.8 Å². The molecule has 1 aromatic carbocycles. The number of fused-ring (bicyclic) bond motifs is 1. The van der Waals surface area contributed by atoms with Crippen LogP contribution in [0.4, 0.5) is 0 Å². The van der Waals surface area contributed by atoms with Gasteiger partial charge in [-0.1, -0.05) is 31.2 Å². The molecule has 20 heavy (non-hydrogen) atoms. The van der Waals surface area contributed by atoms with E-state index < -0.39 is 0 Å². The van der Waals surface area contributed by atoms with Gasteiger partial charge >= 0.3 is 0 Å². The first-order valence-corrected chi connectivity index (χ1v) is 7.44. The third kappa shape index (κ3) is 2.38. The molecule has 0 radical (unpaired) electrons. The van der Waals surface area contributed by atoms with E-state index in [1.165, 1.54) is 23.1 Å². The van der Waals surface area contributed by atoms with Gasteiger partial charge in [-0.2, -0.15) is 5.10 Å². The Balaban J connectivity index is 1.83. The molecule has 3 rings (SSSR count). The van der Waals surface area contributed by atoms with Gasteiger partial charge in [0.25, 0.3) is 0 Å². The molecule has 0 saturated heterocycles. The fourth-order valence-corrected chi connectivity index (χ4v) is 3.37. The highest BCUT2D eigenvalue weighted by Crippen LogP contribution is 2.41. The van der Waals surface area contributed by atoms with Gasteiger partial charge in [0.15, 0.2) is 0 Å². The zero-order valence-electron chi connectivity index (χ0n) is 12.3. The third-order valence-electron chi connectivity index (χ3n) is 4.67. The number of aryl methyl sites for hydroxylation is 2. The second-order valence-corrected chi connectivity index (χ2v) is 6.21. The molecule has 3 nitrogen and oxygen atoms in total. The predicted octanol–water partition coefficient (Wildman–Crippen LogP) is 3.10. The SMILES string of the molecule is CC1CCC(N)(CCc2cnn(C)c2)c2ccccc21. The molecule has 106 valence electrons. The van der Waals surface area contributed by atoms with E-state index in [0.717, 1.165) is 19.3 Å². The van der Waals surface area contributed by atoms with Gasteiger partial charge in [-0.25, -0.2) is 0 Å². The molecule has 0 spiro atoms. The molecule has 2 N–H and O–H groups in total. The van der Waals surface area contributed by atoms with Crippen molar-refractivity contribution in [2.75, 3.05) is 0 Å². The summed E-state index contributed by atoms with van der Waals surface area (Å²) in [5.41, 5.74) is 10.6. The van der Waals surface area contributed by atoms with Crippen molar-refractivity contribution in [1.82, 2.24) is 9.78 Å². The summed E-state index contributed by atoms with van der Waals surface area (Å²) in [5, 5.41) is 4.24. The van der Waals surface area contributed by atoms with E-state index in [-0.39, 0.29) is 5.54 Å². The number of nitrogens with zero attached hydrogens (tertiary/aromatic N) is 2. The topological polar surface area (TPSA) is 43.8 Å². The first-order chi connectivity index (χ1) is 9.58. The zero-order chi connectivity index (χ0) is 14.2. The Labute approximate surface area is 120 Å². The molecule has 0 bridgehead atoms. The fourth-order valence-electron chi connectivity index (χ4n) is 3.37. The minimum Gasteiger partial charge on any atom is -0.321 e. The fraction of sp³-hybridized carbons (Fsp3) is 0.471. The Morgan fingerprint density at radius 2 is 2.20 bits per heavy atom. The lowest BCUT2D eigenvalue weighted by molar-refractivity contribution is 0.328. The van der Waals surface area contributed by atoms with Gasteiger partial charge in [-0.15, -0.1) is 0 Å². The lowest BCUT2D eigenvalue weighted by atomic mass is 9.71. The van der Waals surface area contributed by atoms with Crippen molar-refractivity contribution in [2.45, 2.75) is 44.1 Å². The standard InChI is InChI=1S/C17H23N3/c1-13-7-9-17(18,16-6-4-3-5-15(13)16)10-8-14-11-19-20(2)12-14/h3-6,11-13H,7-10,18H2,1-2H3. The summed E-state index contributed by atoms with van der Waals surface area (Å²) in [6.45, 7) is 2.31. The summed E-state index contributed by atoms with van der Waals surface area (Å²) in [6, 6.07) is 8.70. The molecule has 0 amide bonds. The van der Waals surface area contributed by atoms with E-state index >= 15 is 0 Å². The number of benzene rings is 1. The summed E-state index contributed by atoms with van der Waals surface area (Å²) >= 11 is 0. The van der Waals surface area contributed by atoms with Gasteiger partial charge in [-0.3, -0.25) is 4.68 Å². The third-order valence-corrected chi connectivity index (χ3v) is 4.67. The molecular formula is C17H23N3. The second-order valence-electron chi connectivity index (χ2n) is 6.21. The number of aromatic nitrogens is 2. The molecule has 2 unspecified atom stereocenters. The van der Waals surface area contributed by atoms with Crippen LogP contribution in [0.25, 0.3) is 0 Å². The van der Waals surface area contributed by atoms with Gasteiger partial charge in [0.1, 0.15) is 0 Å². The number of rotatable bonds is 3. The highest BCUT2D eigenvalue weighted by atomic mass is 15.2. The van der Waals surface area contributed by atoms with Crippen LogP contribution in [-0.4, -0.2) is 9.78 Å². The molecule has 0 saturated carbocycles. The van der Waals surface area contributed by atoms with Gasteiger partial charge in [-0.05, 0) is 48.3 Å². The van der Waals surface area contributed by atoms with Crippen LogP contribution in [0.15, 0.2) is 36.7 Å². The van der Waals surface area contributed by atoms with E-state index in [9.17, 15) is 0 Å². The smallest absolute Gasteiger partial charge is 0.0521 e. The quantitative estimate of drug-likeness (QED) is 0.930. The van der Waals surface area contributed by atoms with Crippen LogP contribution in [0.2, 0.25) is 0 Å². The van der Waals surface area contributed by atoms with Crippen molar-refractivity contribution < 1.29 is 0 Å². The Kier molecular flexibility index (Phi) is 3.38. The summed E-state index contributed by atoms with van der Waals surface area (Å²) in [4.78, 5) is 0. The molecule has 0 fully saturated rings. The molecule has 0 aliphatic heterocycles. The summed E-state index contributed by atoms with van der Waals surface area (Å²) < 4.78 is 1.86. The van der Waals surface area contributed by atoms with Crippen LogP contribution >= 0.6 is 0 Å². The van der Waals surface area contributed by atoms with Crippen molar-refractivity contribution in [3.8, 4) is 0 Å². The lowest BCUT2D eigenvalue weighted by Crippen LogP contribution is -2.41. The monoisotopic (exact) mass is 269 g/mol. The van der Waals surface area contributed by atoms with Gasteiger partial charge in [0.05, 0.1) is 6.20 Å². The molecule has 1 aliphatic rings. The molecule has 1 aromatic heterocycles. The van der Waals surface area contributed by atoms with Crippen molar-refractivity contribution >= 4 is 0 Å². The van der Waals surface area contributed by atoms with Crippen LogP contribution in [0, 0.1) is 0 Å². The number of nitrogens with two attached hydrogens (primary N) is 1. The van der Waals surface area contributed by atoms with Gasteiger partial charge in [0.2, 0.25) is 0 Å². The molecule has 2 atom stereocenters. The lowest BCUT2D eigenvalue weighted by Gasteiger charge is -2.38. The van der Waals surface area contributed by atoms with Gasteiger partial charge < -0.3 is 5.73 Å². The van der Waals surface area contributed by atoms with Crippen LogP contribution < -0.4 is 5.73 Å². The first-order valence-electron chi connectivity index (χ1n) is 7.44. The van der Waals surface area contributed by atoms with Crippen molar-refractivity contribution in [1.29, 1.82) is 0 Å². The maximum Gasteiger partial charge on any atom is 0.0521 e. The minimum atomic E-state index is -0.182. The van der Waals surface area contributed by atoms with Crippen molar-refractivity contribution in [3.05, 3.63) is 53.3 Å². The maximum absolute atomic E-state index is 6.76. The van der Waals surface area contributed by atoms with E-state index in [4.69, 9.17) is 5.73 Å². The Hall–Kier alpha value is -1.61. The highest BCUT2D eigenvalue weighted by Gasteiger charge is 2.34. The van der Waals surface area contributed by atoms with Crippen molar-refractivity contribution in [3.63, 3.8) is 0 Å². The van der Waals surface area contributed by atoms with Crippen molar-refractivity contribution in [2.24, 2.45) is 12.8 Å². The van der Waals surface area contributed by atoms with Crippen LogP contribution in [0.1, 0.15) is 48.8 Å². The largest absolute Gasteiger partial charge is 0.321 e. The van der Waals surface area contributed by atoms with Crippen LogP contribution in [-0.2, 0) is 19.0 Å². The summed E-state index contributed by atoms with van der Waals surface area (Å²) in [5.74, 6) is 0.626.